The van der Waals surface area contributed by atoms with Crippen molar-refractivity contribution in [3.05, 3.63) is 0 Å². The Morgan fingerprint density at radius 1 is 1.33 bits per heavy atom. The average molecular weight is 277 g/mol. The molecular formula is C12H23NO4S. The Bertz CT molecular complexity index is 382. The molecule has 2 saturated heterocycles. The first kappa shape index (κ1) is 14.2. The van der Waals surface area contributed by atoms with E-state index < -0.39 is 15.9 Å². The van der Waals surface area contributed by atoms with E-state index in [9.17, 15) is 18.6 Å². The second kappa shape index (κ2) is 5.45. The maximum atomic E-state index is 11.6. The van der Waals surface area contributed by atoms with Crippen molar-refractivity contribution >= 4 is 9.84 Å². The number of likely N-dealkylation sites (tertiary alicyclic amines) is 1. The van der Waals surface area contributed by atoms with E-state index in [1.165, 1.54) is 0 Å². The van der Waals surface area contributed by atoms with Gasteiger partial charge >= 0.3 is 0 Å². The van der Waals surface area contributed by atoms with Crippen LogP contribution in [0, 0.1) is 0 Å². The van der Waals surface area contributed by atoms with E-state index in [4.69, 9.17) is 0 Å². The largest absolute Gasteiger partial charge is 0.393 e. The molecule has 5 nitrogen and oxygen atoms in total. The summed E-state index contributed by atoms with van der Waals surface area (Å²) in [6, 6.07) is -0.0780. The molecule has 0 aliphatic carbocycles. The van der Waals surface area contributed by atoms with E-state index in [-0.39, 0.29) is 29.7 Å². The molecule has 0 aromatic heterocycles. The molecule has 106 valence electrons. The molecule has 6 heteroatoms. The van der Waals surface area contributed by atoms with Crippen LogP contribution in [0.3, 0.4) is 0 Å². The number of rotatable bonds is 3. The molecule has 4 unspecified atom stereocenters. The maximum absolute atomic E-state index is 11.6. The van der Waals surface area contributed by atoms with Crippen LogP contribution in [0.2, 0.25) is 0 Å². The van der Waals surface area contributed by atoms with Crippen molar-refractivity contribution < 1.29 is 18.6 Å². The molecule has 18 heavy (non-hydrogen) atoms. The lowest BCUT2D eigenvalue weighted by atomic mass is 9.94. The van der Waals surface area contributed by atoms with Crippen LogP contribution in [0.5, 0.6) is 0 Å². The van der Waals surface area contributed by atoms with E-state index in [1.807, 2.05) is 0 Å². The van der Waals surface area contributed by atoms with Gasteiger partial charge in [-0.25, -0.2) is 8.42 Å². The molecule has 0 bridgehead atoms. The first-order chi connectivity index (χ1) is 8.39. The van der Waals surface area contributed by atoms with Crippen LogP contribution in [-0.4, -0.2) is 65.9 Å². The van der Waals surface area contributed by atoms with Gasteiger partial charge in [-0.3, -0.25) is 4.90 Å². The van der Waals surface area contributed by atoms with E-state index >= 15 is 0 Å². The number of aliphatic hydroxyl groups is 2. The van der Waals surface area contributed by atoms with Crippen molar-refractivity contribution in [3.8, 4) is 0 Å². The minimum Gasteiger partial charge on any atom is -0.393 e. The highest BCUT2D eigenvalue weighted by atomic mass is 32.2. The highest BCUT2D eigenvalue weighted by Gasteiger charge is 2.42. The van der Waals surface area contributed by atoms with E-state index in [0.29, 0.717) is 6.42 Å². The Hall–Kier alpha value is -0.170. The molecule has 2 aliphatic heterocycles. The number of nitrogens with zero attached hydrogens (tertiary/aromatic N) is 1. The molecule has 2 heterocycles. The van der Waals surface area contributed by atoms with E-state index in [1.54, 1.807) is 6.92 Å². The van der Waals surface area contributed by atoms with Gasteiger partial charge in [-0.15, -0.1) is 0 Å². The van der Waals surface area contributed by atoms with Gasteiger partial charge in [0.05, 0.1) is 29.8 Å². The number of hydrogen-bond acceptors (Lipinski definition) is 5. The molecular weight excluding hydrogens is 254 g/mol. The molecule has 0 radical (unpaired) electrons. The van der Waals surface area contributed by atoms with Crippen molar-refractivity contribution in [2.75, 3.05) is 18.1 Å². The molecule has 2 rings (SSSR count). The zero-order valence-corrected chi connectivity index (χ0v) is 11.6. The lowest BCUT2D eigenvalue weighted by Crippen LogP contribution is -2.51. The minimum atomic E-state index is -3.10. The standard InChI is InChI=1S/C12H23NO4S/c1-9(14)6-10-4-2-3-5-13(10)11-7-18(16,17)8-12(11)15/h9-12,14-15H,2-8H2,1H3. The van der Waals surface area contributed by atoms with Crippen molar-refractivity contribution in [1.29, 1.82) is 0 Å². The van der Waals surface area contributed by atoms with Crippen molar-refractivity contribution in [2.24, 2.45) is 0 Å². The van der Waals surface area contributed by atoms with Crippen LogP contribution in [0.15, 0.2) is 0 Å². The highest BCUT2D eigenvalue weighted by Crippen LogP contribution is 2.28. The van der Waals surface area contributed by atoms with Gasteiger partial charge in [0.1, 0.15) is 0 Å². The van der Waals surface area contributed by atoms with E-state index in [2.05, 4.69) is 4.90 Å². The Kier molecular flexibility index (Phi) is 4.31. The molecule has 0 aromatic rings. The number of sulfone groups is 1. The Morgan fingerprint density at radius 2 is 2.06 bits per heavy atom. The quantitative estimate of drug-likeness (QED) is 0.745. The second-order valence-electron chi connectivity index (χ2n) is 5.68. The summed E-state index contributed by atoms with van der Waals surface area (Å²) >= 11 is 0. The SMILES string of the molecule is CC(O)CC1CCCCN1C1CS(=O)(=O)CC1O. The fourth-order valence-electron chi connectivity index (χ4n) is 3.23. The average Bonchev–Trinajstić information content (AvgIpc) is 2.52. The van der Waals surface area contributed by atoms with Crippen molar-refractivity contribution in [1.82, 2.24) is 4.90 Å². The Balaban J connectivity index is 2.09. The van der Waals surface area contributed by atoms with Gasteiger partial charge in [0.15, 0.2) is 9.84 Å². The van der Waals surface area contributed by atoms with Crippen LogP contribution in [-0.2, 0) is 9.84 Å². The summed E-state index contributed by atoms with van der Waals surface area (Å²) in [7, 11) is -3.10. The predicted molar refractivity (Wildman–Crippen MR) is 69.1 cm³/mol. The first-order valence-electron chi connectivity index (χ1n) is 6.71. The van der Waals surface area contributed by atoms with E-state index in [0.717, 1.165) is 25.8 Å². The summed E-state index contributed by atoms with van der Waals surface area (Å²) in [5.41, 5.74) is 0. The zero-order valence-electron chi connectivity index (χ0n) is 10.8. The lowest BCUT2D eigenvalue weighted by Gasteiger charge is -2.41. The smallest absolute Gasteiger partial charge is 0.154 e. The van der Waals surface area contributed by atoms with Gasteiger partial charge in [-0.2, -0.15) is 0 Å². The molecule has 0 aromatic carbocycles. The van der Waals surface area contributed by atoms with Gasteiger partial charge in [0.2, 0.25) is 0 Å². The third kappa shape index (κ3) is 3.23. The summed E-state index contributed by atoms with van der Waals surface area (Å²) < 4.78 is 23.2. The fourth-order valence-corrected chi connectivity index (χ4v) is 5.05. The van der Waals surface area contributed by atoms with Gasteiger partial charge in [-0.1, -0.05) is 6.42 Å². The summed E-state index contributed by atoms with van der Waals surface area (Å²) in [4.78, 5) is 2.12. The lowest BCUT2D eigenvalue weighted by molar-refractivity contribution is 0.0156. The number of piperidine rings is 1. The van der Waals surface area contributed by atoms with Crippen molar-refractivity contribution in [2.45, 2.75) is 56.9 Å². The first-order valence-corrected chi connectivity index (χ1v) is 8.53. The monoisotopic (exact) mass is 277 g/mol. The minimum absolute atomic E-state index is 0.0600. The molecule has 0 amide bonds. The Labute approximate surface area is 109 Å². The summed E-state index contributed by atoms with van der Waals surface area (Å²) in [6.07, 6.45) is 2.64. The van der Waals surface area contributed by atoms with Gasteiger partial charge in [0, 0.05) is 6.04 Å². The van der Waals surface area contributed by atoms with Gasteiger partial charge in [-0.05, 0) is 32.7 Å². The second-order valence-corrected chi connectivity index (χ2v) is 7.84. The molecule has 4 atom stereocenters. The molecule has 0 spiro atoms. The topological polar surface area (TPSA) is 77.8 Å². The molecule has 2 aliphatic rings. The fraction of sp³-hybridized carbons (Fsp3) is 1.00. The van der Waals surface area contributed by atoms with Crippen LogP contribution in [0.4, 0.5) is 0 Å². The Morgan fingerprint density at radius 3 is 2.61 bits per heavy atom. The zero-order chi connectivity index (χ0) is 13.3. The molecule has 0 saturated carbocycles. The molecule has 2 N–H and O–H groups in total. The van der Waals surface area contributed by atoms with Crippen LogP contribution < -0.4 is 0 Å². The van der Waals surface area contributed by atoms with Crippen molar-refractivity contribution in [3.63, 3.8) is 0 Å². The highest BCUT2D eigenvalue weighted by molar-refractivity contribution is 7.91. The van der Waals surface area contributed by atoms with Crippen LogP contribution in [0.25, 0.3) is 0 Å². The summed E-state index contributed by atoms with van der Waals surface area (Å²) in [6.45, 7) is 2.59. The number of aliphatic hydroxyl groups excluding tert-OH is 2. The third-order valence-corrected chi connectivity index (χ3v) is 5.70. The van der Waals surface area contributed by atoms with Gasteiger partial charge in [0.25, 0.3) is 0 Å². The predicted octanol–water partition coefficient (Wildman–Crippen LogP) is -0.230. The summed E-state index contributed by atoms with van der Waals surface area (Å²) in [5.74, 6) is -0.0555. The van der Waals surface area contributed by atoms with Crippen LogP contribution >= 0.6 is 0 Å². The van der Waals surface area contributed by atoms with Gasteiger partial charge < -0.3 is 10.2 Å². The summed E-state index contributed by atoms with van der Waals surface area (Å²) in [5, 5.41) is 19.5. The maximum Gasteiger partial charge on any atom is 0.154 e. The number of hydrogen-bond donors (Lipinski definition) is 2. The van der Waals surface area contributed by atoms with Crippen LogP contribution in [0.1, 0.15) is 32.6 Å². The normalized spacial score (nSPS) is 38.7. The third-order valence-electron chi connectivity index (χ3n) is 4.01. The molecule has 2 fully saturated rings.